The van der Waals surface area contributed by atoms with Crippen molar-refractivity contribution in [1.29, 1.82) is 0 Å². The molecular formula is C23H20N4O4S. The van der Waals surface area contributed by atoms with E-state index in [-0.39, 0.29) is 16.6 Å². The molecule has 0 bridgehead atoms. The van der Waals surface area contributed by atoms with Crippen LogP contribution in [0.3, 0.4) is 0 Å². The van der Waals surface area contributed by atoms with Gasteiger partial charge in [-0.3, -0.25) is 24.6 Å². The van der Waals surface area contributed by atoms with Gasteiger partial charge >= 0.3 is 0 Å². The number of hydrogen-bond acceptors (Lipinski definition) is 6. The predicted molar refractivity (Wildman–Crippen MR) is 124 cm³/mol. The molecule has 0 spiro atoms. The Labute approximate surface area is 190 Å². The second kappa shape index (κ2) is 8.72. The Balaban J connectivity index is 1.63. The van der Waals surface area contributed by atoms with Crippen molar-refractivity contribution in [3.05, 3.63) is 66.2 Å². The van der Waals surface area contributed by atoms with Gasteiger partial charge in [0.2, 0.25) is 0 Å². The zero-order valence-corrected chi connectivity index (χ0v) is 18.3. The van der Waals surface area contributed by atoms with Crippen molar-refractivity contribution >= 4 is 52.1 Å². The number of rotatable bonds is 5. The molecule has 1 saturated heterocycles. The first-order valence-corrected chi connectivity index (χ1v) is 10.4. The van der Waals surface area contributed by atoms with E-state index in [2.05, 4.69) is 10.4 Å². The number of ether oxygens (including phenoxy) is 1. The Bertz CT molecular complexity index is 1160. The number of carbonyl (C=O) groups is 3. The van der Waals surface area contributed by atoms with Crippen molar-refractivity contribution in [2.24, 2.45) is 11.0 Å². The number of nitrogens with one attached hydrogen (secondary N) is 1. The zero-order valence-electron chi connectivity index (χ0n) is 17.4. The summed E-state index contributed by atoms with van der Waals surface area (Å²) in [5.41, 5.74) is 1.39. The van der Waals surface area contributed by atoms with Crippen LogP contribution in [-0.2, 0) is 14.4 Å². The van der Waals surface area contributed by atoms with Crippen LogP contribution >= 0.6 is 12.2 Å². The number of benzene rings is 2. The molecule has 1 N–H and O–H groups in total. The minimum atomic E-state index is -0.839. The molecule has 2 aromatic rings. The van der Waals surface area contributed by atoms with E-state index in [1.165, 1.54) is 16.0 Å². The Morgan fingerprint density at radius 2 is 1.75 bits per heavy atom. The summed E-state index contributed by atoms with van der Waals surface area (Å²) in [6.07, 6.45) is 1.35. The van der Waals surface area contributed by atoms with Crippen LogP contribution in [0, 0.1) is 5.92 Å². The van der Waals surface area contributed by atoms with Crippen molar-refractivity contribution in [2.45, 2.75) is 13.8 Å². The maximum atomic E-state index is 13.2. The van der Waals surface area contributed by atoms with Crippen LogP contribution in [0.15, 0.2) is 71.3 Å². The summed E-state index contributed by atoms with van der Waals surface area (Å²) in [7, 11) is 0. The van der Waals surface area contributed by atoms with Crippen LogP contribution in [-0.4, -0.2) is 35.2 Å². The van der Waals surface area contributed by atoms with Crippen molar-refractivity contribution in [2.75, 3.05) is 16.5 Å². The first kappa shape index (κ1) is 21.4. The minimum absolute atomic E-state index is 0.0321. The fourth-order valence-electron chi connectivity index (χ4n) is 3.46. The molecular weight excluding hydrogens is 428 g/mol. The number of amides is 3. The van der Waals surface area contributed by atoms with E-state index in [0.717, 1.165) is 0 Å². The van der Waals surface area contributed by atoms with Gasteiger partial charge in [-0.1, -0.05) is 18.2 Å². The summed E-state index contributed by atoms with van der Waals surface area (Å²) >= 11 is 5.23. The van der Waals surface area contributed by atoms with Crippen molar-refractivity contribution < 1.29 is 19.1 Å². The molecule has 9 heteroatoms. The van der Waals surface area contributed by atoms with Gasteiger partial charge in [0.25, 0.3) is 17.7 Å². The van der Waals surface area contributed by atoms with E-state index in [4.69, 9.17) is 17.0 Å². The smallest absolute Gasteiger partial charge is 0.269 e. The standard InChI is InChI=1S/C23H20N4O4S/c1-3-31-17-11-9-15(10-12-17)26-21(29)19(20(28)24-23(26)32)13-18-14(2)25-27(22(18)30)16-7-5-4-6-8-16/h4-13,18H,3H2,1-2H3,(H,24,28,32). The van der Waals surface area contributed by atoms with E-state index in [9.17, 15) is 14.4 Å². The highest BCUT2D eigenvalue weighted by atomic mass is 32.1. The number of thiocarbonyl (C=S) groups is 1. The Hall–Kier alpha value is -3.85. The molecule has 2 heterocycles. The van der Waals surface area contributed by atoms with E-state index in [0.29, 0.717) is 29.4 Å². The Morgan fingerprint density at radius 3 is 2.41 bits per heavy atom. The predicted octanol–water partition coefficient (Wildman–Crippen LogP) is 2.80. The number of hydrazone groups is 1. The molecule has 3 amide bonds. The fraction of sp³-hybridized carbons (Fsp3) is 0.174. The molecule has 2 aromatic carbocycles. The third kappa shape index (κ3) is 3.90. The van der Waals surface area contributed by atoms with E-state index in [1.54, 1.807) is 55.5 Å². The van der Waals surface area contributed by atoms with Crippen molar-refractivity contribution in [1.82, 2.24) is 5.32 Å². The van der Waals surface area contributed by atoms with Crippen LogP contribution in [0.4, 0.5) is 11.4 Å². The van der Waals surface area contributed by atoms with Crippen LogP contribution < -0.4 is 20.0 Å². The molecule has 1 unspecified atom stereocenters. The zero-order chi connectivity index (χ0) is 22.8. The molecule has 1 atom stereocenters. The molecule has 0 radical (unpaired) electrons. The van der Waals surface area contributed by atoms with Crippen molar-refractivity contribution in [3.63, 3.8) is 0 Å². The average Bonchev–Trinajstić information content (AvgIpc) is 3.06. The Morgan fingerprint density at radius 1 is 1.06 bits per heavy atom. The summed E-state index contributed by atoms with van der Waals surface area (Å²) in [5, 5.41) is 8.09. The highest BCUT2D eigenvalue weighted by Crippen LogP contribution is 2.28. The number of carbonyl (C=O) groups excluding carboxylic acids is 3. The maximum absolute atomic E-state index is 13.2. The third-order valence-electron chi connectivity index (χ3n) is 5.02. The van der Waals surface area contributed by atoms with Crippen LogP contribution in [0.5, 0.6) is 5.75 Å². The summed E-state index contributed by atoms with van der Waals surface area (Å²) in [4.78, 5) is 40.0. The quantitative estimate of drug-likeness (QED) is 0.432. The highest BCUT2D eigenvalue weighted by Gasteiger charge is 2.39. The van der Waals surface area contributed by atoms with Gasteiger partial charge in [0, 0.05) is 0 Å². The lowest BCUT2D eigenvalue weighted by Gasteiger charge is -2.29. The SMILES string of the molecule is CCOc1ccc(N2C(=O)C(=CC3C(=O)N(c4ccccc4)N=C3C)C(=O)NC2=S)cc1. The topological polar surface area (TPSA) is 91.3 Å². The molecule has 2 aliphatic rings. The number of para-hydroxylation sites is 1. The second-order valence-corrected chi connectivity index (χ2v) is 7.50. The molecule has 162 valence electrons. The molecule has 4 rings (SSSR count). The van der Waals surface area contributed by atoms with Crippen LogP contribution in [0.1, 0.15) is 13.8 Å². The molecule has 1 fully saturated rings. The first-order chi connectivity index (χ1) is 15.4. The van der Waals surface area contributed by atoms with E-state index < -0.39 is 17.7 Å². The number of anilines is 2. The average molecular weight is 449 g/mol. The lowest BCUT2D eigenvalue weighted by molar-refractivity contribution is -0.122. The number of hydrogen-bond donors (Lipinski definition) is 1. The lowest BCUT2D eigenvalue weighted by atomic mass is 9.98. The molecule has 32 heavy (non-hydrogen) atoms. The van der Waals surface area contributed by atoms with E-state index in [1.807, 2.05) is 13.0 Å². The molecule has 0 aliphatic carbocycles. The highest BCUT2D eigenvalue weighted by molar-refractivity contribution is 7.80. The van der Waals surface area contributed by atoms with Gasteiger partial charge in [-0.05, 0) is 68.5 Å². The van der Waals surface area contributed by atoms with Gasteiger partial charge < -0.3 is 4.74 Å². The molecule has 0 saturated carbocycles. The normalized spacial score (nSPS) is 20.0. The van der Waals surface area contributed by atoms with Crippen LogP contribution in [0.2, 0.25) is 0 Å². The minimum Gasteiger partial charge on any atom is -0.494 e. The van der Waals surface area contributed by atoms with Gasteiger partial charge in [0.15, 0.2) is 5.11 Å². The monoisotopic (exact) mass is 448 g/mol. The third-order valence-corrected chi connectivity index (χ3v) is 5.31. The van der Waals surface area contributed by atoms with Gasteiger partial charge in [0.05, 0.1) is 29.6 Å². The van der Waals surface area contributed by atoms with E-state index >= 15 is 0 Å². The second-order valence-electron chi connectivity index (χ2n) is 7.11. The van der Waals surface area contributed by atoms with Gasteiger partial charge in [-0.2, -0.15) is 10.1 Å². The van der Waals surface area contributed by atoms with Gasteiger partial charge in [-0.25, -0.2) is 0 Å². The first-order valence-electron chi connectivity index (χ1n) is 9.99. The van der Waals surface area contributed by atoms with Crippen molar-refractivity contribution in [3.8, 4) is 5.75 Å². The summed E-state index contributed by atoms with van der Waals surface area (Å²) in [5.74, 6) is -1.80. The summed E-state index contributed by atoms with van der Waals surface area (Å²) in [6, 6.07) is 15.7. The van der Waals surface area contributed by atoms with Gasteiger partial charge in [0.1, 0.15) is 11.3 Å². The Kier molecular flexibility index (Phi) is 5.83. The summed E-state index contributed by atoms with van der Waals surface area (Å²) in [6.45, 7) is 4.07. The fourth-order valence-corrected chi connectivity index (χ4v) is 3.74. The molecule has 0 aromatic heterocycles. The maximum Gasteiger partial charge on any atom is 0.269 e. The lowest BCUT2D eigenvalue weighted by Crippen LogP contribution is -2.54. The van der Waals surface area contributed by atoms with Gasteiger partial charge in [-0.15, -0.1) is 0 Å². The molecule has 2 aliphatic heterocycles. The summed E-state index contributed by atoms with van der Waals surface area (Å²) < 4.78 is 5.43. The largest absolute Gasteiger partial charge is 0.494 e. The molecule has 8 nitrogen and oxygen atoms in total. The number of nitrogens with zero attached hydrogens (tertiary/aromatic N) is 3. The van der Waals surface area contributed by atoms with Crippen LogP contribution in [0.25, 0.3) is 0 Å².